The van der Waals surface area contributed by atoms with Crippen LogP contribution in [-0.4, -0.2) is 21.9 Å². The Morgan fingerprint density at radius 3 is 2.63 bits per heavy atom. The number of halogens is 2. The van der Waals surface area contributed by atoms with E-state index in [0.29, 0.717) is 30.2 Å². The normalized spacial score (nSPS) is 10.6. The predicted octanol–water partition coefficient (Wildman–Crippen LogP) is 5.16. The molecule has 1 heterocycles. The van der Waals surface area contributed by atoms with E-state index in [4.69, 9.17) is 11.6 Å². The van der Waals surface area contributed by atoms with Gasteiger partial charge in [0.15, 0.2) is 0 Å². The van der Waals surface area contributed by atoms with Gasteiger partial charge in [-0.25, -0.2) is 4.39 Å². The Labute approximate surface area is 163 Å². The second kappa shape index (κ2) is 8.69. The standard InChI is InChI=1S/C22H20ClFN2O/c1-2-12-26(22(27)18-8-10-20(24)11-9-18)16-21-7-4-13-25(21)15-17-5-3-6-19(23)14-17/h2-11,13-14H,1,12,15-16H2. The Balaban J connectivity index is 1.79. The van der Waals surface area contributed by atoms with E-state index in [2.05, 4.69) is 11.1 Å². The van der Waals surface area contributed by atoms with Crippen LogP contribution in [0.1, 0.15) is 21.6 Å². The van der Waals surface area contributed by atoms with Crippen molar-refractivity contribution in [3.8, 4) is 0 Å². The Morgan fingerprint density at radius 2 is 1.93 bits per heavy atom. The highest BCUT2D eigenvalue weighted by Crippen LogP contribution is 2.16. The summed E-state index contributed by atoms with van der Waals surface area (Å²) in [7, 11) is 0. The summed E-state index contributed by atoms with van der Waals surface area (Å²) in [6, 6.07) is 17.2. The van der Waals surface area contributed by atoms with Gasteiger partial charge >= 0.3 is 0 Å². The summed E-state index contributed by atoms with van der Waals surface area (Å²) in [5.41, 5.74) is 2.53. The zero-order valence-electron chi connectivity index (χ0n) is 14.8. The molecule has 0 saturated carbocycles. The molecule has 3 nitrogen and oxygen atoms in total. The lowest BCUT2D eigenvalue weighted by molar-refractivity contribution is 0.0759. The van der Waals surface area contributed by atoms with Gasteiger partial charge in [-0.05, 0) is 54.1 Å². The van der Waals surface area contributed by atoms with Crippen LogP contribution in [0.15, 0.2) is 79.5 Å². The Bertz CT molecular complexity index is 933. The minimum Gasteiger partial charge on any atom is -0.345 e. The maximum Gasteiger partial charge on any atom is 0.254 e. The molecule has 0 atom stereocenters. The molecule has 0 bridgehead atoms. The van der Waals surface area contributed by atoms with Gasteiger partial charge in [0, 0.05) is 35.6 Å². The van der Waals surface area contributed by atoms with Crippen LogP contribution >= 0.6 is 11.6 Å². The maximum atomic E-state index is 13.1. The molecule has 0 N–H and O–H groups in total. The molecule has 2 aromatic carbocycles. The van der Waals surface area contributed by atoms with Crippen molar-refractivity contribution >= 4 is 17.5 Å². The number of amides is 1. The van der Waals surface area contributed by atoms with E-state index in [1.54, 1.807) is 11.0 Å². The van der Waals surface area contributed by atoms with Gasteiger partial charge in [-0.1, -0.05) is 29.8 Å². The van der Waals surface area contributed by atoms with Crippen molar-refractivity contribution in [1.29, 1.82) is 0 Å². The summed E-state index contributed by atoms with van der Waals surface area (Å²) < 4.78 is 15.2. The smallest absolute Gasteiger partial charge is 0.254 e. The van der Waals surface area contributed by atoms with Crippen molar-refractivity contribution in [2.24, 2.45) is 0 Å². The molecular weight excluding hydrogens is 363 g/mol. The number of hydrogen-bond donors (Lipinski definition) is 0. The van der Waals surface area contributed by atoms with Gasteiger partial charge < -0.3 is 9.47 Å². The Morgan fingerprint density at radius 1 is 1.15 bits per heavy atom. The zero-order valence-corrected chi connectivity index (χ0v) is 15.6. The lowest BCUT2D eigenvalue weighted by Crippen LogP contribution is -2.31. The molecule has 0 spiro atoms. The van der Waals surface area contributed by atoms with Gasteiger partial charge in [-0.15, -0.1) is 6.58 Å². The molecule has 1 aromatic heterocycles. The predicted molar refractivity (Wildman–Crippen MR) is 106 cm³/mol. The molecule has 0 aliphatic carbocycles. The fraction of sp³-hybridized carbons (Fsp3) is 0.136. The Kier molecular flexibility index (Phi) is 6.09. The molecule has 3 aromatic rings. The molecule has 0 unspecified atom stereocenters. The second-order valence-corrected chi connectivity index (χ2v) is 6.68. The molecule has 5 heteroatoms. The van der Waals surface area contributed by atoms with Gasteiger partial charge in [0.2, 0.25) is 0 Å². The number of carbonyl (C=O) groups is 1. The largest absolute Gasteiger partial charge is 0.345 e. The van der Waals surface area contributed by atoms with Gasteiger partial charge in [-0.3, -0.25) is 4.79 Å². The number of rotatable bonds is 7. The highest BCUT2D eigenvalue weighted by atomic mass is 35.5. The fourth-order valence-corrected chi connectivity index (χ4v) is 3.14. The molecule has 0 fully saturated rings. The van der Waals surface area contributed by atoms with Gasteiger partial charge in [0.05, 0.1) is 6.54 Å². The summed E-state index contributed by atoms with van der Waals surface area (Å²) in [4.78, 5) is 14.5. The van der Waals surface area contributed by atoms with Crippen LogP contribution in [0, 0.1) is 5.82 Å². The summed E-state index contributed by atoms with van der Waals surface area (Å²) in [5.74, 6) is -0.525. The van der Waals surface area contributed by atoms with E-state index in [1.165, 1.54) is 24.3 Å². The van der Waals surface area contributed by atoms with E-state index in [1.807, 2.05) is 42.6 Å². The van der Waals surface area contributed by atoms with Crippen molar-refractivity contribution in [3.63, 3.8) is 0 Å². The fourth-order valence-electron chi connectivity index (χ4n) is 2.92. The molecule has 1 amide bonds. The first-order chi connectivity index (χ1) is 13.1. The van der Waals surface area contributed by atoms with Gasteiger partial charge in [0.25, 0.3) is 5.91 Å². The van der Waals surface area contributed by atoms with Crippen molar-refractivity contribution in [3.05, 3.63) is 107 Å². The minimum atomic E-state index is -0.364. The van der Waals surface area contributed by atoms with Crippen molar-refractivity contribution in [2.45, 2.75) is 13.1 Å². The maximum absolute atomic E-state index is 13.1. The number of aromatic nitrogens is 1. The molecule has 0 radical (unpaired) electrons. The van der Waals surface area contributed by atoms with Gasteiger partial charge in [0.1, 0.15) is 5.82 Å². The summed E-state index contributed by atoms with van der Waals surface area (Å²) >= 11 is 6.07. The number of nitrogens with zero attached hydrogens (tertiary/aromatic N) is 2. The topological polar surface area (TPSA) is 25.2 Å². The van der Waals surface area contributed by atoms with Crippen LogP contribution in [0.4, 0.5) is 4.39 Å². The first-order valence-corrected chi connectivity index (χ1v) is 8.99. The zero-order chi connectivity index (χ0) is 19.2. The number of benzene rings is 2. The average molecular weight is 383 g/mol. The van der Waals surface area contributed by atoms with Crippen molar-refractivity contribution in [1.82, 2.24) is 9.47 Å². The first kappa shape index (κ1) is 18.9. The third-order valence-corrected chi connectivity index (χ3v) is 4.48. The molecular formula is C22H20ClFN2O. The third kappa shape index (κ3) is 4.86. The molecule has 0 aliphatic rings. The molecule has 3 rings (SSSR count). The second-order valence-electron chi connectivity index (χ2n) is 6.24. The highest BCUT2D eigenvalue weighted by molar-refractivity contribution is 6.30. The lowest BCUT2D eigenvalue weighted by Gasteiger charge is -2.22. The molecule has 138 valence electrons. The van der Waals surface area contributed by atoms with E-state index >= 15 is 0 Å². The first-order valence-electron chi connectivity index (χ1n) is 8.61. The van der Waals surface area contributed by atoms with Crippen LogP contribution in [0.5, 0.6) is 0 Å². The summed E-state index contributed by atoms with van der Waals surface area (Å²) in [6.07, 6.45) is 3.66. The Hall–Kier alpha value is -2.85. The van der Waals surface area contributed by atoms with Crippen LogP contribution in [0.25, 0.3) is 0 Å². The third-order valence-electron chi connectivity index (χ3n) is 4.25. The lowest BCUT2D eigenvalue weighted by atomic mass is 10.2. The van der Waals surface area contributed by atoms with E-state index in [9.17, 15) is 9.18 Å². The van der Waals surface area contributed by atoms with E-state index < -0.39 is 0 Å². The SMILES string of the molecule is C=CCN(Cc1cccn1Cc1cccc(Cl)c1)C(=O)c1ccc(F)cc1. The van der Waals surface area contributed by atoms with Crippen LogP contribution < -0.4 is 0 Å². The van der Waals surface area contributed by atoms with Crippen LogP contribution in [0.3, 0.4) is 0 Å². The monoisotopic (exact) mass is 382 g/mol. The average Bonchev–Trinajstić information content (AvgIpc) is 3.08. The van der Waals surface area contributed by atoms with Crippen LogP contribution in [0.2, 0.25) is 5.02 Å². The molecule has 27 heavy (non-hydrogen) atoms. The van der Waals surface area contributed by atoms with E-state index in [0.717, 1.165) is 11.3 Å². The molecule has 0 saturated heterocycles. The summed E-state index contributed by atoms with van der Waals surface area (Å²) in [6.45, 7) is 5.23. The minimum absolute atomic E-state index is 0.162. The number of carbonyl (C=O) groups excluding carboxylic acids is 1. The van der Waals surface area contributed by atoms with Crippen molar-refractivity contribution in [2.75, 3.05) is 6.54 Å². The van der Waals surface area contributed by atoms with Gasteiger partial charge in [-0.2, -0.15) is 0 Å². The summed E-state index contributed by atoms with van der Waals surface area (Å²) in [5, 5.41) is 0.695. The molecule has 0 aliphatic heterocycles. The van der Waals surface area contributed by atoms with E-state index in [-0.39, 0.29) is 11.7 Å². The van der Waals surface area contributed by atoms with Crippen molar-refractivity contribution < 1.29 is 9.18 Å². The quantitative estimate of drug-likeness (QED) is 0.518. The van der Waals surface area contributed by atoms with Crippen LogP contribution in [-0.2, 0) is 13.1 Å². The number of hydrogen-bond acceptors (Lipinski definition) is 1. The highest BCUT2D eigenvalue weighted by Gasteiger charge is 2.16.